The van der Waals surface area contributed by atoms with E-state index in [0.717, 1.165) is 15.6 Å². The fourth-order valence-electron chi connectivity index (χ4n) is 4.38. The van der Waals surface area contributed by atoms with Crippen molar-refractivity contribution in [2.24, 2.45) is 0 Å². The fourth-order valence-corrected chi connectivity index (χ4v) is 5.09. The third kappa shape index (κ3) is 8.78. The predicted octanol–water partition coefficient (Wildman–Crippen LogP) is 4.48. The summed E-state index contributed by atoms with van der Waals surface area (Å²) in [5.41, 5.74) is 2.70. The second kappa shape index (κ2) is 14.2. The normalized spacial score (nSPS) is 12.0. The monoisotopic (exact) mass is 669 g/mol. The molecule has 0 saturated carbocycles. The Morgan fingerprint density at radius 2 is 1.79 bits per heavy atom. The number of rotatable bonds is 11. The van der Waals surface area contributed by atoms with Gasteiger partial charge in [0.05, 0.1) is 30.0 Å². The van der Waals surface area contributed by atoms with Crippen LogP contribution in [0, 0.1) is 6.92 Å². The number of alkyl halides is 3. The molecule has 2 aromatic carbocycles. The van der Waals surface area contributed by atoms with Crippen molar-refractivity contribution in [3.8, 4) is 11.5 Å². The number of amides is 1. The van der Waals surface area contributed by atoms with Crippen molar-refractivity contribution in [2.45, 2.75) is 45.3 Å². The number of anilines is 1. The number of H-pyrrole nitrogens is 1. The Bertz CT molecular complexity index is 1930. The molecule has 5 rings (SSSR count). The molecule has 3 aromatic heterocycles. The third-order valence-electron chi connectivity index (χ3n) is 6.57. The molecule has 1 atom stereocenters. The lowest BCUT2D eigenvalue weighted by Crippen LogP contribution is -2.43. The first-order valence-electron chi connectivity index (χ1n) is 13.9. The van der Waals surface area contributed by atoms with Gasteiger partial charge in [-0.25, -0.2) is 24.4 Å². The molecule has 17 heteroatoms. The maximum absolute atomic E-state index is 12.9. The number of esters is 2. The Morgan fingerprint density at radius 1 is 1.04 bits per heavy atom. The largest absolute Gasteiger partial charge is 0.491 e. The molecular weight excluding hydrogens is 643 g/mol. The van der Waals surface area contributed by atoms with Crippen molar-refractivity contribution in [3.63, 3.8) is 0 Å². The van der Waals surface area contributed by atoms with Crippen LogP contribution in [0.5, 0.6) is 0 Å². The predicted molar refractivity (Wildman–Crippen MR) is 163 cm³/mol. The number of benzene rings is 2. The number of aryl methyl sites for hydroxylation is 1. The van der Waals surface area contributed by atoms with Gasteiger partial charge in [0.2, 0.25) is 0 Å². The summed E-state index contributed by atoms with van der Waals surface area (Å²) in [6.07, 6.45) is -5.90. The molecule has 0 spiro atoms. The molecule has 1 unspecified atom stereocenters. The van der Waals surface area contributed by atoms with E-state index in [4.69, 9.17) is 4.74 Å². The zero-order valence-electron chi connectivity index (χ0n) is 24.5. The fraction of sp³-hybridized carbons (Fsp3) is 0.233. The lowest BCUT2D eigenvalue weighted by Gasteiger charge is -2.19. The van der Waals surface area contributed by atoms with E-state index in [2.05, 4.69) is 35.3 Å². The van der Waals surface area contributed by atoms with Crippen molar-refractivity contribution in [3.05, 3.63) is 92.8 Å². The van der Waals surface area contributed by atoms with Crippen LogP contribution in [-0.2, 0) is 38.8 Å². The molecule has 0 aliphatic heterocycles. The van der Waals surface area contributed by atoms with Crippen molar-refractivity contribution in [2.75, 3.05) is 5.32 Å². The first-order chi connectivity index (χ1) is 22.4. The van der Waals surface area contributed by atoms with E-state index in [0.29, 0.717) is 27.7 Å². The number of nitrogens with zero attached hydrogens (tertiary/aromatic N) is 4. The average molecular weight is 670 g/mol. The summed E-state index contributed by atoms with van der Waals surface area (Å²) in [4.78, 5) is 65.1. The maximum atomic E-state index is 12.9. The van der Waals surface area contributed by atoms with E-state index < -0.39 is 48.9 Å². The van der Waals surface area contributed by atoms with Gasteiger partial charge < -0.3 is 25.1 Å². The second-order valence-corrected chi connectivity index (χ2v) is 11.1. The molecular formula is C30H26F3N7O6S. The average Bonchev–Trinajstić information content (AvgIpc) is 3.68. The van der Waals surface area contributed by atoms with E-state index >= 15 is 0 Å². The van der Waals surface area contributed by atoms with Crippen LogP contribution in [0.1, 0.15) is 22.6 Å². The Morgan fingerprint density at radius 3 is 2.53 bits per heavy atom. The van der Waals surface area contributed by atoms with Crippen molar-refractivity contribution >= 4 is 46.2 Å². The van der Waals surface area contributed by atoms with Gasteiger partial charge in [0.15, 0.2) is 5.82 Å². The quantitative estimate of drug-likeness (QED) is 0.135. The highest BCUT2D eigenvalue weighted by molar-refractivity contribution is 7.09. The molecule has 13 nitrogen and oxygen atoms in total. The topological polar surface area (TPSA) is 170 Å². The minimum atomic E-state index is -5.40. The number of ether oxygens (including phenoxy) is 2. The van der Waals surface area contributed by atoms with Crippen LogP contribution in [0.3, 0.4) is 0 Å². The number of para-hydroxylation sites is 2. The van der Waals surface area contributed by atoms with Gasteiger partial charge in [-0.3, -0.25) is 9.36 Å². The number of carbonyl (C=O) groups is 3. The number of halogens is 3. The number of aromatic amines is 1. The number of alkyl carbamates (subject to hydrolysis) is 1. The number of hydrogen-bond donors (Lipinski definition) is 3. The van der Waals surface area contributed by atoms with Gasteiger partial charge in [-0.1, -0.05) is 42.5 Å². The highest BCUT2D eigenvalue weighted by Crippen LogP contribution is 2.23. The zero-order valence-corrected chi connectivity index (χ0v) is 25.4. The molecule has 3 N–H and O–H groups in total. The summed E-state index contributed by atoms with van der Waals surface area (Å²) >= 11 is 1.38. The minimum Gasteiger partial charge on any atom is -0.445 e. The zero-order chi connectivity index (χ0) is 33.6. The number of thiazole rings is 1. The number of hydrogen-bond acceptors (Lipinski definition) is 11. The summed E-state index contributed by atoms with van der Waals surface area (Å²) in [5, 5.41) is 7.93. The molecule has 0 aliphatic carbocycles. The Kier molecular flexibility index (Phi) is 9.94. The molecule has 1 amide bonds. The summed E-state index contributed by atoms with van der Waals surface area (Å²) < 4.78 is 47.9. The van der Waals surface area contributed by atoms with Crippen LogP contribution < -0.4 is 16.3 Å². The molecule has 0 bridgehead atoms. The molecule has 5 aromatic rings. The molecule has 0 radical (unpaired) electrons. The van der Waals surface area contributed by atoms with Gasteiger partial charge in [-0.2, -0.15) is 18.2 Å². The second-order valence-electron chi connectivity index (χ2n) is 10.2. The van der Waals surface area contributed by atoms with E-state index in [-0.39, 0.29) is 19.0 Å². The van der Waals surface area contributed by atoms with Gasteiger partial charge >= 0.3 is 29.9 Å². The molecule has 244 valence electrons. The third-order valence-corrected chi connectivity index (χ3v) is 7.42. The highest BCUT2D eigenvalue weighted by Gasteiger charge is 2.42. The summed E-state index contributed by atoms with van der Waals surface area (Å²) in [6.45, 7) is 1.34. The first kappa shape index (κ1) is 32.8. The van der Waals surface area contributed by atoms with Crippen LogP contribution in [0.4, 0.5) is 23.8 Å². The number of nitrogens with one attached hydrogen (secondary N) is 3. The Labute approximate surface area is 267 Å². The first-order valence-corrected chi connectivity index (χ1v) is 14.8. The standard InChI is InChI=1S/C30H26F3N7O6S/c1-17-13-40(14-19(11-24(41)46-27(42)30(31,32)33)35-29(44)45-15-18-7-3-2-4-8-18)28(43)39-25(17)34-12-23-36-22(16-47-23)26-37-20-9-5-6-10-21(20)38-26/h2-10,13,16,19H,11-12,14-15H2,1H3,(H,35,44)(H,37,38)(H,34,39,43). The number of fused-ring (bicyclic) bond motifs is 1. The smallest absolute Gasteiger partial charge is 0.445 e. The van der Waals surface area contributed by atoms with Crippen molar-refractivity contribution in [1.82, 2.24) is 29.8 Å². The maximum Gasteiger partial charge on any atom is 0.491 e. The van der Waals surface area contributed by atoms with Gasteiger partial charge in [-0.05, 0) is 24.6 Å². The Hall–Kier alpha value is -5.58. The molecule has 3 heterocycles. The van der Waals surface area contributed by atoms with Gasteiger partial charge in [-0.15, -0.1) is 11.3 Å². The van der Waals surface area contributed by atoms with Gasteiger partial charge in [0.1, 0.15) is 23.1 Å². The number of imidazole rings is 1. The number of aromatic nitrogens is 5. The van der Waals surface area contributed by atoms with Crippen LogP contribution in [-0.4, -0.2) is 54.8 Å². The lowest BCUT2D eigenvalue weighted by molar-refractivity contribution is -0.202. The van der Waals surface area contributed by atoms with Crippen molar-refractivity contribution in [1.29, 1.82) is 0 Å². The van der Waals surface area contributed by atoms with E-state index in [1.165, 1.54) is 17.5 Å². The summed E-state index contributed by atoms with van der Waals surface area (Å²) in [7, 11) is 0. The van der Waals surface area contributed by atoms with Crippen LogP contribution in [0.25, 0.3) is 22.6 Å². The van der Waals surface area contributed by atoms with Crippen LogP contribution in [0.2, 0.25) is 0 Å². The van der Waals surface area contributed by atoms with E-state index in [1.807, 2.05) is 29.6 Å². The van der Waals surface area contributed by atoms with E-state index in [9.17, 15) is 32.3 Å². The van der Waals surface area contributed by atoms with Gasteiger partial charge in [0, 0.05) is 23.7 Å². The van der Waals surface area contributed by atoms with Crippen LogP contribution in [0.15, 0.2) is 71.0 Å². The SMILES string of the molecule is Cc1cn(CC(CC(=O)OC(=O)C(F)(F)F)NC(=O)OCc2ccccc2)c(=O)nc1NCc1nc(-c2nc3ccccc3[nH]2)cs1. The molecule has 0 saturated heterocycles. The Balaban J connectivity index is 1.25. The van der Waals surface area contributed by atoms with Crippen molar-refractivity contribution < 1.29 is 37.0 Å². The van der Waals surface area contributed by atoms with Crippen LogP contribution >= 0.6 is 11.3 Å². The van der Waals surface area contributed by atoms with Gasteiger partial charge in [0.25, 0.3) is 0 Å². The highest BCUT2D eigenvalue weighted by atomic mass is 32.1. The minimum absolute atomic E-state index is 0.143. The van der Waals surface area contributed by atoms with E-state index in [1.54, 1.807) is 37.3 Å². The number of carbonyl (C=O) groups excluding carboxylic acids is 3. The lowest BCUT2D eigenvalue weighted by atomic mass is 10.2. The summed E-state index contributed by atoms with van der Waals surface area (Å²) in [6, 6.07) is 14.9. The molecule has 0 fully saturated rings. The molecule has 47 heavy (non-hydrogen) atoms. The summed E-state index contributed by atoms with van der Waals surface area (Å²) in [5.74, 6) is -3.41. The molecule has 0 aliphatic rings.